The molecule has 0 aliphatic heterocycles. The van der Waals surface area contributed by atoms with E-state index in [0.29, 0.717) is 5.56 Å². The van der Waals surface area contributed by atoms with Gasteiger partial charge in [-0.1, -0.05) is 0 Å². The van der Waals surface area contributed by atoms with Gasteiger partial charge in [0.25, 0.3) is 5.91 Å². The van der Waals surface area contributed by atoms with Crippen LogP contribution in [0.2, 0.25) is 0 Å². The normalized spacial score (nSPS) is 10.4. The molecule has 0 fully saturated rings. The molecule has 94 valence electrons. The van der Waals surface area contributed by atoms with Crippen LogP contribution in [0.5, 0.6) is 0 Å². The molecule has 0 saturated heterocycles. The van der Waals surface area contributed by atoms with Crippen LogP contribution in [0.3, 0.4) is 0 Å². The summed E-state index contributed by atoms with van der Waals surface area (Å²) in [6.45, 7) is 1.86. The van der Waals surface area contributed by atoms with Gasteiger partial charge in [0.05, 0.1) is 11.3 Å². The lowest BCUT2D eigenvalue weighted by Crippen LogP contribution is -2.39. The summed E-state index contributed by atoms with van der Waals surface area (Å²) in [4.78, 5) is 29.4. The molecule has 0 atom stereocenters. The zero-order valence-electron chi connectivity index (χ0n) is 10.2. The van der Waals surface area contributed by atoms with Crippen LogP contribution in [0.1, 0.15) is 16.1 Å². The number of fused-ring (bicyclic) bond motifs is 1. The molecule has 6 nitrogen and oxygen atoms in total. The van der Waals surface area contributed by atoms with Crippen LogP contribution < -0.4 is 5.32 Å². The lowest BCUT2D eigenvalue weighted by atomic mass is 10.2. The van der Waals surface area contributed by atoms with E-state index in [2.05, 4.69) is 14.7 Å². The van der Waals surface area contributed by atoms with Crippen molar-refractivity contribution in [2.45, 2.75) is 6.92 Å². The van der Waals surface area contributed by atoms with Crippen LogP contribution in [0.4, 0.5) is 4.79 Å². The highest BCUT2D eigenvalue weighted by molar-refractivity contribution is 7.12. The van der Waals surface area contributed by atoms with Crippen molar-refractivity contribution in [3.63, 3.8) is 0 Å². The third-order valence-electron chi connectivity index (χ3n) is 2.58. The molecule has 1 N–H and O–H groups in total. The van der Waals surface area contributed by atoms with E-state index in [0.717, 1.165) is 20.8 Å². The number of carbonyl (C=O) groups is 2. The summed E-state index contributed by atoms with van der Waals surface area (Å²) in [7, 11) is 2.89. The number of aryl methyl sites for hydroxylation is 1. The Hall–Kier alpha value is -2.02. The number of amides is 3. The molecule has 0 aliphatic rings. The average molecular weight is 264 g/mol. The van der Waals surface area contributed by atoms with Crippen molar-refractivity contribution in [2.24, 2.45) is 0 Å². The molecule has 0 radical (unpaired) electrons. The second-order valence-electron chi connectivity index (χ2n) is 3.76. The second-order valence-corrected chi connectivity index (χ2v) is 4.52. The van der Waals surface area contributed by atoms with Crippen LogP contribution in [0.25, 0.3) is 10.2 Å². The summed E-state index contributed by atoms with van der Waals surface area (Å²) < 4.78 is 4.17. The number of imide groups is 1. The van der Waals surface area contributed by atoms with Gasteiger partial charge in [0.1, 0.15) is 4.83 Å². The Kier molecular flexibility index (Phi) is 3.24. The van der Waals surface area contributed by atoms with Gasteiger partial charge in [-0.25, -0.2) is 9.78 Å². The highest BCUT2D eigenvalue weighted by atomic mass is 32.1. The zero-order valence-corrected chi connectivity index (χ0v) is 11.0. The van der Waals surface area contributed by atoms with E-state index in [-0.39, 0.29) is 0 Å². The number of nitrogens with zero attached hydrogens (tertiary/aromatic N) is 3. The Labute approximate surface area is 108 Å². The third kappa shape index (κ3) is 2.04. The molecule has 2 aromatic rings. The molecule has 7 heteroatoms. The Bertz CT molecular complexity index is 623. The Balaban J connectivity index is 2.39. The highest BCUT2D eigenvalue weighted by Gasteiger charge is 2.18. The highest BCUT2D eigenvalue weighted by Crippen LogP contribution is 2.21. The van der Waals surface area contributed by atoms with E-state index in [4.69, 9.17) is 0 Å². The molecule has 0 unspecified atom stereocenters. The summed E-state index contributed by atoms with van der Waals surface area (Å²) in [5.41, 5.74) is 1.21. The number of nitrogens with one attached hydrogen (secondary N) is 1. The molecule has 18 heavy (non-hydrogen) atoms. The van der Waals surface area contributed by atoms with Gasteiger partial charge in [-0.15, -0.1) is 0 Å². The van der Waals surface area contributed by atoms with Crippen LogP contribution in [0, 0.1) is 6.92 Å². The summed E-state index contributed by atoms with van der Waals surface area (Å²) in [5.74, 6) is -0.394. The van der Waals surface area contributed by atoms with E-state index in [1.54, 1.807) is 6.07 Å². The Morgan fingerprint density at radius 3 is 2.83 bits per heavy atom. The summed E-state index contributed by atoms with van der Waals surface area (Å²) in [6, 6.07) is 1.25. The van der Waals surface area contributed by atoms with Gasteiger partial charge in [0, 0.05) is 25.7 Å². The van der Waals surface area contributed by atoms with E-state index in [9.17, 15) is 9.59 Å². The number of rotatable bonds is 1. The van der Waals surface area contributed by atoms with Crippen molar-refractivity contribution < 1.29 is 9.59 Å². The van der Waals surface area contributed by atoms with Crippen LogP contribution in [-0.2, 0) is 0 Å². The Morgan fingerprint density at radius 1 is 1.44 bits per heavy atom. The largest absolute Gasteiger partial charge is 0.341 e. The smallest absolute Gasteiger partial charge is 0.323 e. The van der Waals surface area contributed by atoms with Gasteiger partial charge in [-0.05, 0) is 24.5 Å². The van der Waals surface area contributed by atoms with Crippen molar-refractivity contribution in [1.29, 1.82) is 0 Å². The average Bonchev–Trinajstić information content (AvgIpc) is 2.77. The maximum absolute atomic E-state index is 12.0. The van der Waals surface area contributed by atoms with Crippen molar-refractivity contribution in [2.75, 3.05) is 14.1 Å². The molecule has 0 saturated carbocycles. The SMILES string of the molecule is CNC(=O)N(C)C(=O)c1cnc2snc(C)c2c1. The van der Waals surface area contributed by atoms with Crippen LogP contribution in [-0.4, -0.2) is 40.3 Å². The third-order valence-corrected chi connectivity index (χ3v) is 3.44. The topological polar surface area (TPSA) is 75.2 Å². The van der Waals surface area contributed by atoms with E-state index in [1.807, 2.05) is 6.92 Å². The number of carbonyl (C=O) groups excluding carboxylic acids is 2. The fourth-order valence-electron chi connectivity index (χ4n) is 1.52. The lowest BCUT2D eigenvalue weighted by Gasteiger charge is -2.14. The van der Waals surface area contributed by atoms with E-state index in [1.165, 1.54) is 31.8 Å². The monoisotopic (exact) mass is 264 g/mol. The quantitative estimate of drug-likeness (QED) is 0.845. The maximum atomic E-state index is 12.0. The van der Waals surface area contributed by atoms with Crippen LogP contribution in [0.15, 0.2) is 12.3 Å². The van der Waals surface area contributed by atoms with E-state index >= 15 is 0 Å². The summed E-state index contributed by atoms with van der Waals surface area (Å²) in [6.07, 6.45) is 1.46. The number of aromatic nitrogens is 2. The van der Waals surface area contributed by atoms with Gasteiger partial charge >= 0.3 is 6.03 Å². The summed E-state index contributed by atoms with van der Waals surface area (Å²) in [5, 5.41) is 3.24. The van der Waals surface area contributed by atoms with Gasteiger partial charge in [-0.2, -0.15) is 4.37 Å². The molecular formula is C11H12N4O2S. The molecular weight excluding hydrogens is 252 g/mol. The minimum Gasteiger partial charge on any atom is -0.341 e. The van der Waals surface area contributed by atoms with E-state index < -0.39 is 11.9 Å². The number of hydrogen-bond donors (Lipinski definition) is 1. The van der Waals surface area contributed by atoms with Gasteiger partial charge in [0.2, 0.25) is 0 Å². The molecule has 0 aromatic carbocycles. The first-order valence-electron chi connectivity index (χ1n) is 5.26. The van der Waals surface area contributed by atoms with Gasteiger partial charge < -0.3 is 5.32 Å². The predicted molar refractivity (Wildman–Crippen MR) is 68.7 cm³/mol. The molecule has 0 bridgehead atoms. The molecule has 2 aromatic heterocycles. The first kappa shape index (κ1) is 12.4. The van der Waals surface area contributed by atoms with Gasteiger partial charge in [-0.3, -0.25) is 9.69 Å². The van der Waals surface area contributed by atoms with Crippen LogP contribution >= 0.6 is 11.5 Å². The maximum Gasteiger partial charge on any atom is 0.323 e. The summed E-state index contributed by atoms with van der Waals surface area (Å²) >= 11 is 1.29. The molecule has 0 aliphatic carbocycles. The molecule has 2 heterocycles. The van der Waals surface area contributed by atoms with Crippen molar-refractivity contribution >= 4 is 33.7 Å². The molecule has 0 spiro atoms. The minimum atomic E-state index is -0.458. The fourth-order valence-corrected chi connectivity index (χ4v) is 2.24. The zero-order chi connectivity index (χ0) is 13.3. The predicted octanol–water partition coefficient (Wildman–Crippen LogP) is 1.41. The number of urea groups is 1. The van der Waals surface area contributed by atoms with Crippen molar-refractivity contribution in [1.82, 2.24) is 19.6 Å². The first-order chi connectivity index (χ1) is 8.54. The minimum absolute atomic E-state index is 0.372. The standard InChI is InChI=1S/C11H12N4O2S/c1-6-8-4-7(5-13-9(8)18-14-6)10(16)15(3)11(17)12-2/h4-5H,1-3H3,(H,12,17). The fraction of sp³-hybridized carbons (Fsp3) is 0.273. The van der Waals surface area contributed by atoms with Crippen molar-refractivity contribution in [3.05, 3.63) is 23.5 Å². The second kappa shape index (κ2) is 4.69. The lowest BCUT2D eigenvalue weighted by molar-refractivity contribution is 0.0832. The first-order valence-corrected chi connectivity index (χ1v) is 6.03. The Morgan fingerprint density at radius 2 is 2.17 bits per heavy atom. The molecule has 2 rings (SSSR count). The van der Waals surface area contributed by atoms with Gasteiger partial charge in [0.15, 0.2) is 0 Å². The van der Waals surface area contributed by atoms with Crippen molar-refractivity contribution in [3.8, 4) is 0 Å². The number of hydrogen-bond acceptors (Lipinski definition) is 5. The molecule has 3 amide bonds. The number of pyridine rings is 1.